The number of rotatable bonds is 4. The largest absolute Gasteiger partial charge is 0.484 e. The zero-order valence-corrected chi connectivity index (χ0v) is 8.12. The van der Waals surface area contributed by atoms with Gasteiger partial charge in [-0.15, -0.1) is 0 Å². The van der Waals surface area contributed by atoms with Crippen LogP contribution in [0.2, 0.25) is 0 Å². The fourth-order valence-electron chi connectivity index (χ4n) is 0.983. The minimum atomic E-state index is -0.150. The molecule has 4 nitrogen and oxygen atoms in total. The van der Waals surface area contributed by atoms with Gasteiger partial charge >= 0.3 is 0 Å². The number of likely N-dealkylation sites (N-methyl/N-ethyl adjacent to an activating group) is 1. The summed E-state index contributed by atoms with van der Waals surface area (Å²) in [7, 11) is 1.57. The van der Waals surface area contributed by atoms with Crippen molar-refractivity contribution in [1.29, 1.82) is 0 Å². The van der Waals surface area contributed by atoms with Crippen molar-refractivity contribution in [2.75, 3.05) is 13.7 Å². The molecule has 0 aliphatic carbocycles. The van der Waals surface area contributed by atoms with Crippen LogP contribution in [-0.4, -0.2) is 19.6 Å². The normalized spacial score (nSPS) is 9.57. The standard InChI is InChI=1S/C10H14N2O2/c1-12-10(13)7-14-9-4-2-3-8(5-9)6-11/h2-5H,6-7,11H2,1H3,(H,12,13). The summed E-state index contributed by atoms with van der Waals surface area (Å²) in [6, 6.07) is 7.37. The van der Waals surface area contributed by atoms with Gasteiger partial charge in [-0.1, -0.05) is 12.1 Å². The molecule has 3 N–H and O–H groups in total. The number of ether oxygens (including phenoxy) is 1. The molecule has 0 aromatic heterocycles. The highest BCUT2D eigenvalue weighted by Gasteiger charge is 1.99. The Bertz CT molecular complexity index is 313. The van der Waals surface area contributed by atoms with Crippen LogP contribution in [0.3, 0.4) is 0 Å². The highest BCUT2D eigenvalue weighted by molar-refractivity contribution is 5.77. The van der Waals surface area contributed by atoms with Crippen molar-refractivity contribution in [1.82, 2.24) is 5.32 Å². The van der Waals surface area contributed by atoms with Crippen LogP contribution in [0.5, 0.6) is 5.75 Å². The van der Waals surface area contributed by atoms with Gasteiger partial charge in [0.15, 0.2) is 6.61 Å². The highest BCUT2D eigenvalue weighted by Crippen LogP contribution is 2.12. The van der Waals surface area contributed by atoms with Crippen molar-refractivity contribution >= 4 is 5.91 Å². The third-order valence-electron chi connectivity index (χ3n) is 1.78. The third-order valence-corrected chi connectivity index (χ3v) is 1.78. The molecule has 0 radical (unpaired) electrons. The first-order chi connectivity index (χ1) is 6.76. The first-order valence-corrected chi connectivity index (χ1v) is 4.38. The van der Waals surface area contributed by atoms with Gasteiger partial charge in [0.25, 0.3) is 5.91 Å². The maximum Gasteiger partial charge on any atom is 0.257 e. The molecule has 0 fully saturated rings. The van der Waals surface area contributed by atoms with Gasteiger partial charge in [0.05, 0.1) is 0 Å². The van der Waals surface area contributed by atoms with E-state index in [4.69, 9.17) is 10.5 Å². The Morgan fingerprint density at radius 1 is 1.57 bits per heavy atom. The monoisotopic (exact) mass is 194 g/mol. The lowest BCUT2D eigenvalue weighted by molar-refractivity contribution is -0.122. The molecule has 0 aliphatic heterocycles. The first kappa shape index (κ1) is 10.5. The van der Waals surface area contributed by atoms with Crippen molar-refractivity contribution in [3.05, 3.63) is 29.8 Å². The van der Waals surface area contributed by atoms with Crippen molar-refractivity contribution in [2.45, 2.75) is 6.54 Å². The first-order valence-electron chi connectivity index (χ1n) is 4.38. The van der Waals surface area contributed by atoms with Crippen LogP contribution in [-0.2, 0) is 11.3 Å². The molecule has 1 aromatic rings. The Morgan fingerprint density at radius 2 is 2.36 bits per heavy atom. The fraction of sp³-hybridized carbons (Fsp3) is 0.300. The van der Waals surface area contributed by atoms with E-state index in [0.29, 0.717) is 12.3 Å². The molecule has 1 amide bonds. The summed E-state index contributed by atoms with van der Waals surface area (Å²) in [5.41, 5.74) is 6.45. The molecule has 0 aliphatic rings. The average molecular weight is 194 g/mol. The van der Waals surface area contributed by atoms with Gasteiger partial charge in [0, 0.05) is 13.6 Å². The van der Waals surface area contributed by atoms with Gasteiger partial charge in [-0.25, -0.2) is 0 Å². The topological polar surface area (TPSA) is 64.3 Å². The zero-order chi connectivity index (χ0) is 10.4. The molecule has 0 spiro atoms. The molecule has 0 heterocycles. The van der Waals surface area contributed by atoms with E-state index in [1.54, 1.807) is 13.1 Å². The molecular weight excluding hydrogens is 180 g/mol. The molecular formula is C10H14N2O2. The summed E-state index contributed by atoms with van der Waals surface area (Å²) in [5, 5.41) is 2.48. The Balaban J connectivity index is 2.54. The van der Waals surface area contributed by atoms with E-state index in [1.165, 1.54) is 0 Å². The van der Waals surface area contributed by atoms with Crippen LogP contribution >= 0.6 is 0 Å². The smallest absolute Gasteiger partial charge is 0.257 e. The number of benzene rings is 1. The quantitative estimate of drug-likeness (QED) is 0.723. The molecule has 0 atom stereocenters. The van der Waals surface area contributed by atoms with Crippen molar-refractivity contribution in [3.8, 4) is 5.75 Å². The van der Waals surface area contributed by atoms with Crippen LogP contribution in [0.1, 0.15) is 5.56 Å². The zero-order valence-electron chi connectivity index (χ0n) is 8.12. The lowest BCUT2D eigenvalue weighted by Gasteiger charge is -2.05. The molecule has 14 heavy (non-hydrogen) atoms. The molecule has 76 valence electrons. The van der Waals surface area contributed by atoms with E-state index in [2.05, 4.69) is 5.32 Å². The van der Waals surface area contributed by atoms with Crippen molar-refractivity contribution < 1.29 is 9.53 Å². The number of carbonyl (C=O) groups excluding carboxylic acids is 1. The molecule has 0 unspecified atom stereocenters. The van der Waals surface area contributed by atoms with Crippen LogP contribution in [0.4, 0.5) is 0 Å². The molecule has 0 saturated heterocycles. The van der Waals surface area contributed by atoms with Crippen LogP contribution in [0.15, 0.2) is 24.3 Å². The third kappa shape index (κ3) is 3.06. The summed E-state index contributed by atoms with van der Waals surface area (Å²) in [4.78, 5) is 10.9. The average Bonchev–Trinajstić information content (AvgIpc) is 2.26. The Kier molecular flexibility index (Phi) is 3.94. The van der Waals surface area contributed by atoms with Crippen molar-refractivity contribution in [3.63, 3.8) is 0 Å². The molecule has 0 saturated carbocycles. The van der Waals surface area contributed by atoms with Gasteiger partial charge < -0.3 is 15.8 Å². The molecule has 1 rings (SSSR count). The van der Waals surface area contributed by atoms with Gasteiger partial charge in [0.2, 0.25) is 0 Å². The minimum absolute atomic E-state index is 0.0323. The predicted octanol–water partition coefficient (Wildman–Crippen LogP) is 0.270. The maximum absolute atomic E-state index is 10.9. The number of hydrogen-bond acceptors (Lipinski definition) is 3. The SMILES string of the molecule is CNC(=O)COc1cccc(CN)c1. The number of hydrogen-bond donors (Lipinski definition) is 2. The van der Waals surface area contributed by atoms with E-state index in [0.717, 1.165) is 5.56 Å². The van der Waals surface area contributed by atoms with E-state index >= 15 is 0 Å². The van der Waals surface area contributed by atoms with Gasteiger partial charge in [-0.05, 0) is 17.7 Å². The summed E-state index contributed by atoms with van der Waals surface area (Å²) in [6.07, 6.45) is 0. The number of nitrogens with two attached hydrogens (primary N) is 1. The molecule has 4 heteroatoms. The number of carbonyl (C=O) groups is 1. The summed E-state index contributed by atoms with van der Waals surface area (Å²) < 4.78 is 5.23. The fourth-order valence-corrected chi connectivity index (χ4v) is 0.983. The number of nitrogens with one attached hydrogen (secondary N) is 1. The maximum atomic E-state index is 10.9. The minimum Gasteiger partial charge on any atom is -0.484 e. The van der Waals surface area contributed by atoms with Crippen molar-refractivity contribution in [2.24, 2.45) is 5.73 Å². The lowest BCUT2D eigenvalue weighted by atomic mass is 10.2. The van der Waals surface area contributed by atoms with Crippen LogP contribution in [0, 0.1) is 0 Å². The second-order valence-electron chi connectivity index (χ2n) is 2.81. The second-order valence-corrected chi connectivity index (χ2v) is 2.81. The highest BCUT2D eigenvalue weighted by atomic mass is 16.5. The molecule has 0 bridgehead atoms. The van der Waals surface area contributed by atoms with E-state index in [1.807, 2.05) is 18.2 Å². The number of amides is 1. The van der Waals surface area contributed by atoms with E-state index in [-0.39, 0.29) is 12.5 Å². The summed E-state index contributed by atoms with van der Waals surface area (Å²) in [5.74, 6) is 0.514. The Hall–Kier alpha value is -1.55. The Labute approximate surface area is 83.1 Å². The van der Waals surface area contributed by atoms with E-state index in [9.17, 15) is 4.79 Å². The predicted molar refractivity (Wildman–Crippen MR) is 53.9 cm³/mol. The lowest BCUT2D eigenvalue weighted by Crippen LogP contribution is -2.24. The summed E-state index contributed by atoms with van der Waals surface area (Å²) >= 11 is 0. The van der Waals surface area contributed by atoms with Crippen LogP contribution in [0.25, 0.3) is 0 Å². The molecule has 1 aromatic carbocycles. The van der Waals surface area contributed by atoms with Gasteiger partial charge in [0.1, 0.15) is 5.75 Å². The van der Waals surface area contributed by atoms with Gasteiger partial charge in [-0.2, -0.15) is 0 Å². The van der Waals surface area contributed by atoms with E-state index < -0.39 is 0 Å². The van der Waals surface area contributed by atoms with Gasteiger partial charge in [-0.3, -0.25) is 4.79 Å². The second kappa shape index (κ2) is 5.24. The summed E-state index contributed by atoms with van der Waals surface area (Å²) in [6.45, 7) is 0.502. The Morgan fingerprint density at radius 3 is 3.00 bits per heavy atom. The van der Waals surface area contributed by atoms with Crippen LogP contribution < -0.4 is 15.8 Å².